The fourth-order valence-electron chi connectivity index (χ4n) is 0.740. The summed E-state index contributed by atoms with van der Waals surface area (Å²) in [6.45, 7) is 2.43. The summed E-state index contributed by atoms with van der Waals surface area (Å²) in [6, 6.07) is -1.14. The van der Waals surface area contributed by atoms with E-state index in [9.17, 15) is 14.9 Å². The number of ether oxygens (including phenoxy) is 1. The number of ketones is 1. The van der Waals surface area contributed by atoms with Crippen LogP contribution >= 0.6 is 0 Å². The monoisotopic (exact) mass is 190 g/mol. The maximum Gasteiger partial charge on any atom is 0.238 e. The van der Waals surface area contributed by atoms with Crippen LogP contribution in [0.25, 0.3) is 0 Å². The lowest BCUT2D eigenvalue weighted by atomic mass is 9.93. The summed E-state index contributed by atoms with van der Waals surface area (Å²) < 4.78 is 4.55. The third-order valence-electron chi connectivity index (χ3n) is 1.87. The van der Waals surface area contributed by atoms with Crippen LogP contribution in [-0.2, 0) is 9.53 Å². The number of nitro groups is 1. The van der Waals surface area contributed by atoms with Crippen molar-refractivity contribution >= 4 is 5.78 Å². The van der Waals surface area contributed by atoms with Gasteiger partial charge in [-0.05, 0) is 0 Å². The Balaban J connectivity index is 4.48. The number of carbonyl (C=O) groups is 1. The lowest BCUT2D eigenvalue weighted by molar-refractivity contribution is -0.561. The second-order valence-electron chi connectivity index (χ2n) is 3.29. The van der Waals surface area contributed by atoms with Gasteiger partial charge in [0.15, 0.2) is 5.78 Å². The van der Waals surface area contributed by atoms with Crippen molar-refractivity contribution < 1.29 is 14.5 Å². The van der Waals surface area contributed by atoms with E-state index >= 15 is 0 Å². The number of carbonyl (C=O) groups excluding carboxylic acids is 1. The van der Waals surface area contributed by atoms with Crippen LogP contribution in [0.5, 0.6) is 0 Å². The van der Waals surface area contributed by atoms with E-state index in [2.05, 4.69) is 4.74 Å². The SMILES string of the molecule is COCC(=O)C(N)C(C)(C)[N+](=O)[O-]. The number of methoxy groups -OCH3 is 1. The Morgan fingerprint density at radius 3 is 2.46 bits per heavy atom. The first kappa shape index (κ1) is 12.0. The average Bonchev–Trinajstić information content (AvgIpc) is 2.03. The predicted octanol–water partition coefficient (Wildman–Crippen LogP) is -0.415. The molecule has 6 heteroatoms. The summed E-state index contributed by atoms with van der Waals surface area (Å²) in [7, 11) is 1.34. The highest BCUT2D eigenvalue weighted by atomic mass is 16.6. The third kappa shape index (κ3) is 2.74. The summed E-state index contributed by atoms with van der Waals surface area (Å²) in [5, 5.41) is 10.5. The second kappa shape index (κ2) is 4.29. The molecule has 0 aromatic rings. The number of hydrogen-bond donors (Lipinski definition) is 1. The Morgan fingerprint density at radius 1 is 1.69 bits per heavy atom. The smallest absolute Gasteiger partial charge is 0.238 e. The van der Waals surface area contributed by atoms with Crippen molar-refractivity contribution in [2.45, 2.75) is 25.4 Å². The topological polar surface area (TPSA) is 95.5 Å². The van der Waals surface area contributed by atoms with Crippen LogP contribution in [0.1, 0.15) is 13.8 Å². The van der Waals surface area contributed by atoms with Gasteiger partial charge in [-0.15, -0.1) is 0 Å². The minimum absolute atomic E-state index is 0.196. The van der Waals surface area contributed by atoms with Crippen molar-refractivity contribution in [3.8, 4) is 0 Å². The number of Topliss-reactive ketones (excluding diaryl/α,β-unsaturated/α-hetero) is 1. The fourth-order valence-corrected chi connectivity index (χ4v) is 0.740. The molecule has 0 saturated heterocycles. The van der Waals surface area contributed by atoms with Gasteiger partial charge in [-0.3, -0.25) is 14.9 Å². The van der Waals surface area contributed by atoms with Crippen LogP contribution in [0.4, 0.5) is 0 Å². The Hall–Kier alpha value is -1.01. The average molecular weight is 190 g/mol. The molecular weight excluding hydrogens is 176 g/mol. The van der Waals surface area contributed by atoms with E-state index in [1.165, 1.54) is 21.0 Å². The molecule has 0 bridgehead atoms. The highest BCUT2D eigenvalue weighted by Crippen LogP contribution is 2.12. The maximum absolute atomic E-state index is 11.1. The van der Waals surface area contributed by atoms with Crippen molar-refractivity contribution in [1.82, 2.24) is 0 Å². The zero-order valence-electron chi connectivity index (χ0n) is 7.94. The Kier molecular flexibility index (Phi) is 3.96. The van der Waals surface area contributed by atoms with Crippen molar-refractivity contribution in [3.05, 3.63) is 10.1 Å². The second-order valence-corrected chi connectivity index (χ2v) is 3.29. The molecule has 0 spiro atoms. The molecule has 1 atom stereocenters. The fraction of sp³-hybridized carbons (Fsp3) is 0.857. The van der Waals surface area contributed by atoms with Gasteiger partial charge in [0, 0.05) is 25.9 Å². The first-order chi connectivity index (χ1) is 5.84. The molecule has 0 aromatic heterocycles. The predicted molar refractivity (Wildman–Crippen MR) is 45.9 cm³/mol. The Bertz CT molecular complexity index is 215. The van der Waals surface area contributed by atoms with Gasteiger partial charge in [0.2, 0.25) is 5.54 Å². The van der Waals surface area contributed by atoms with Crippen molar-refractivity contribution in [1.29, 1.82) is 0 Å². The molecule has 0 radical (unpaired) electrons. The van der Waals surface area contributed by atoms with Gasteiger partial charge in [-0.25, -0.2) is 0 Å². The van der Waals surface area contributed by atoms with Crippen LogP contribution < -0.4 is 5.73 Å². The minimum atomic E-state index is -1.45. The Morgan fingerprint density at radius 2 is 2.15 bits per heavy atom. The normalized spacial score (nSPS) is 13.8. The zero-order chi connectivity index (χ0) is 10.6. The van der Waals surface area contributed by atoms with Crippen molar-refractivity contribution in [2.75, 3.05) is 13.7 Å². The molecule has 76 valence electrons. The van der Waals surface area contributed by atoms with E-state index < -0.39 is 22.3 Å². The molecule has 0 aliphatic carbocycles. The van der Waals surface area contributed by atoms with Gasteiger partial charge in [-0.2, -0.15) is 0 Å². The first-order valence-corrected chi connectivity index (χ1v) is 3.75. The minimum Gasteiger partial charge on any atom is -0.377 e. The number of nitrogens with two attached hydrogens (primary N) is 1. The van der Waals surface area contributed by atoms with Crippen molar-refractivity contribution in [2.24, 2.45) is 5.73 Å². The quantitative estimate of drug-likeness (QED) is 0.469. The van der Waals surface area contributed by atoms with Crippen LogP contribution in [-0.4, -0.2) is 36.0 Å². The molecule has 1 unspecified atom stereocenters. The van der Waals surface area contributed by atoms with Crippen LogP contribution in [0, 0.1) is 10.1 Å². The molecule has 2 N–H and O–H groups in total. The van der Waals surface area contributed by atoms with E-state index in [0.717, 1.165) is 0 Å². The summed E-state index contributed by atoms with van der Waals surface area (Å²) in [5.41, 5.74) is 3.96. The van der Waals surface area contributed by atoms with E-state index in [0.29, 0.717) is 0 Å². The molecule has 0 heterocycles. The summed E-state index contributed by atoms with van der Waals surface area (Å²) >= 11 is 0. The summed E-state index contributed by atoms with van der Waals surface area (Å²) in [5.74, 6) is -0.468. The van der Waals surface area contributed by atoms with Crippen LogP contribution in [0.2, 0.25) is 0 Å². The molecule has 13 heavy (non-hydrogen) atoms. The van der Waals surface area contributed by atoms with Gasteiger partial charge in [-0.1, -0.05) is 0 Å². The molecule has 0 saturated carbocycles. The van der Waals surface area contributed by atoms with Gasteiger partial charge >= 0.3 is 0 Å². The Labute approximate surface area is 76.2 Å². The van der Waals surface area contributed by atoms with E-state index in [1.807, 2.05) is 0 Å². The van der Waals surface area contributed by atoms with E-state index in [4.69, 9.17) is 5.73 Å². The van der Waals surface area contributed by atoms with E-state index in [-0.39, 0.29) is 6.61 Å². The van der Waals surface area contributed by atoms with Crippen LogP contribution in [0.3, 0.4) is 0 Å². The van der Waals surface area contributed by atoms with Gasteiger partial charge in [0.05, 0.1) is 0 Å². The van der Waals surface area contributed by atoms with Gasteiger partial charge in [0.25, 0.3) is 0 Å². The number of hydrogen-bond acceptors (Lipinski definition) is 5. The molecule has 0 rings (SSSR count). The molecular formula is C7H14N2O4. The number of rotatable bonds is 5. The highest BCUT2D eigenvalue weighted by Gasteiger charge is 2.42. The maximum atomic E-state index is 11.1. The zero-order valence-corrected chi connectivity index (χ0v) is 7.94. The lowest BCUT2D eigenvalue weighted by Crippen LogP contribution is -2.54. The third-order valence-corrected chi connectivity index (χ3v) is 1.87. The van der Waals surface area contributed by atoms with Crippen LogP contribution in [0.15, 0.2) is 0 Å². The summed E-state index contributed by atoms with van der Waals surface area (Å²) in [6.07, 6.45) is 0. The largest absolute Gasteiger partial charge is 0.377 e. The standard InChI is InChI=1S/C7H14N2O4/c1-7(2,9(11)12)6(8)5(10)4-13-3/h6H,4,8H2,1-3H3. The molecule has 0 aliphatic rings. The van der Waals surface area contributed by atoms with E-state index in [1.54, 1.807) is 0 Å². The van der Waals surface area contributed by atoms with Gasteiger partial charge in [0.1, 0.15) is 12.6 Å². The molecule has 0 amide bonds. The molecule has 6 nitrogen and oxygen atoms in total. The van der Waals surface area contributed by atoms with Crippen molar-refractivity contribution in [3.63, 3.8) is 0 Å². The molecule has 0 fully saturated rings. The lowest BCUT2D eigenvalue weighted by Gasteiger charge is -2.21. The number of nitrogens with zero attached hydrogens (tertiary/aromatic N) is 1. The molecule has 0 aliphatic heterocycles. The highest BCUT2D eigenvalue weighted by molar-refractivity contribution is 5.86. The molecule has 0 aromatic carbocycles. The van der Waals surface area contributed by atoms with Gasteiger partial charge < -0.3 is 10.5 Å². The summed E-state index contributed by atoms with van der Waals surface area (Å²) in [4.78, 5) is 21.1. The first-order valence-electron chi connectivity index (χ1n) is 3.75.